The summed E-state index contributed by atoms with van der Waals surface area (Å²) in [7, 11) is 0. The molecule has 1 amide bonds. The molecule has 0 unspecified atom stereocenters. The van der Waals surface area contributed by atoms with Crippen LogP contribution in [0.1, 0.15) is 40.5 Å². The summed E-state index contributed by atoms with van der Waals surface area (Å²) >= 11 is 0. The van der Waals surface area contributed by atoms with Crippen LogP contribution in [0.25, 0.3) is 0 Å². The molecule has 0 spiro atoms. The summed E-state index contributed by atoms with van der Waals surface area (Å²) in [6.07, 6.45) is 2.01. The smallest absolute Gasteiger partial charge is 0.411 e. The van der Waals surface area contributed by atoms with E-state index in [1.807, 2.05) is 25.7 Å². The Balaban J connectivity index is 2.12. The van der Waals surface area contributed by atoms with E-state index in [-0.39, 0.29) is 11.6 Å². The van der Waals surface area contributed by atoms with Crippen molar-refractivity contribution in [2.24, 2.45) is 0 Å². The van der Waals surface area contributed by atoms with Gasteiger partial charge in [-0.3, -0.25) is 4.90 Å². The van der Waals surface area contributed by atoms with Crippen LogP contribution in [0.3, 0.4) is 0 Å². The van der Waals surface area contributed by atoms with Crippen molar-refractivity contribution in [1.29, 1.82) is 0 Å². The number of hydrogen-bond acceptors (Lipinski definition) is 3. The van der Waals surface area contributed by atoms with Gasteiger partial charge >= 0.3 is 6.09 Å². The molecule has 2 aliphatic rings. The Morgan fingerprint density at radius 2 is 2.19 bits per heavy atom. The van der Waals surface area contributed by atoms with Crippen molar-refractivity contribution in [3.8, 4) is 0 Å². The van der Waals surface area contributed by atoms with Crippen LogP contribution in [-0.2, 0) is 4.74 Å². The number of carbonyl (C=O) groups is 1. The number of amides is 1. The van der Waals surface area contributed by atoms with Crippen molar-refractivity contribution < 1.29 is 9.53 Å². The molecule has 16 heavy (non-hydrogen) atoms. The van der Waals surface area contributed by atoms with Crippen molar-refractivity contribution in [1.82, 2.24) is 10.2 Å². The summed E-state index contributed by atoms with van der Waals surface area (Å²) in [6.45, 7) is 9.66. The highest BCUT2D eigenvalue weighted by Crippen LogP contribution is 2.36. The number of piperazine rings is 1. The van der Waals surface area contributed by atoms with Crippen LogP contribution in [0.15, 0.2) is 0 Å². The normalized spacial score (nSPS) is 34.0. The molecule has 0 saturated carbocycles. The van der Waals surface area contributed by atoms with E-state index in [0.717, 1.165) is 25.9 Å². The third-order valence-electron chi connectivity index (χ3n) is 3.44. The minimum atomic E-state index is -0.405. The second-order valence-electron chi connectivity index (χ2n) is 6.17. The van der Waals surface area contributed by atoms with Gasteiger partial charge in [-0.1, -0.05) is 0 Å². The molecule has 0 aromatic rings. The van der Waals surface area contributed by atoms with Crippen molar-refractivity contribution in [3.63, 3.8) is 0 Å². The molecule has 0 radical (unpaired) electrons. The summed E-state index contributed by atoms with van der Waals surface area (Å²) in [4.78, 5) is 14.1. The Kier molecular flexibility index (Phi) is 2.65. The van der Waals surface area contributed by atoms with Gasteiger partial charge in [-0.15, -0.1) is 0 Å². The molecule has 4 heteroatoms. The molecule has 2 aliphatic heterocycles. The molecule has 92 valence electrons. The zero-order valence-corrected chi connectivity index (χ0v) is 10.7. The zero-order valence-electron chi connectivity index (χ0n) is 10.7. The second-order valence-corrected chi connectivity index (χ2v) is 6.17. The van der Waals surface area contributed by atoms with E-state index in [9.17, 15) is 4.79 Å². The van der Waals surface area contributed by atoms with E-state index in [0.29, 0.717) is 6.04 Å². The molecule has 2 fully saturated rings. The predicted molar refractivity (Wildman–Crippen MR) is 62.4 cm³/mol. The minimum Gasteiger partial charge on any atom is -0.444 e. The first kappa shape index (κ1) is 11.7. The van der Waals surface area contributed by atoms with Crippen LogP contribution in [0, 0.1) is 0 Å². The van der Waals surface area contributed by atoms with Crippen LogP contribution < -0.4 is 5.32 Å². The molecule has 0 aliphatic carbocycles. The highest BCUT2D eigenvalue weighted by molar-refractivity contribution is 5.70. The maximum Gasteiger partial charge on any atom is 0.411 e. The molecule has 1 N–H and O–H groups in total. The van der Waals surface area contributed by atoms with Crippen molar-refractivity contribution >= 4 is 6.09 Å². The molecular weight excluding hydrogens is 204 g/mol. The van der Waals surface area contributed by atoms with Gasteiger partial charge in [0.15, 0.2) is 0 Å². The Morgan fingerprint density at radius 3 is 2.75 bits per heavy atom. The van der Waals surface area contributed by atoms with E-state index < -0.39 is 5.60 Å². The van der Waals surface area contributed by atoms with Gasteiger partial charge in [-0.2, -0.15) is 0 Å². The highest BCUT2D eigenvalue weighted by atomic mass is 16.6. The lowest BCUT2D eigenvalue weighted by molar-refractivity contribution is -0.00607. The molecule has 2 atom stereocenters. The van der Waals surface area contributed by atoms with E-state index in [1.165, 1.54) is 0 Å². The van der Waals surface area contributed by atoms with Crippen molar-refractivity contribution in [2.75, 3.05) is 13.1 Å². The summed E-state index contributed by atoms with van der Waals surface area (Å²) in [6, 6.07) is 0.314. The van der Waals surface area contributed by atoms with Gasteiger partial charge in [-0.25, -0.2) is 4.79 Å². The third-order valence-corrected chi connectivity index (χ3v) is 3.44. The maximum absolute atomic E-state index is 12.2. The van der Waals surface area contributed by atoms with E-state index in [2.05, 4.69) is 12.2 Å². The average Bonchev–Trinajstić information content (AvgIpc) is 2.30. The lowest BCUT2D eigenvalue weighted by Gasteiger charge is -2.43. The van der Waals surface area contributed by atoms with Crippen molar-refractivity contribution in [2.45, 2.75) is 57.7 Å². The fourth-order valence-electron chi connectivity index (χ4n) is 2.72. The molecule has 2 bridgehead atoms. The molecule has 0 aromatic heterocycles. The topological polar surface area (TPSA) is 41.6 Å². The number of carbonyl (C=O) groups excluding carboxylic acids is 1. The molecule has 2 saturated heterocycles. The summed E-state index contributed by atoms with van der Waals surface area (Å²) < 4.78 is 5.48. The summed E-state index contributed by atoms with van der Waals surface area (Å²) in [5, 5.41) is 3.39. The summed E-state index contributed by atoms with van der Waals surface area (Å²) in [5.74, 6) is 0. The lowest BCUT2D eigenvalue weighted by atomic mass is 9.99. The Morgan fingerprint density at radius 1 is 1.50 bits per heavy atom. The molecule has 2 rings (SSSR count). The second kappa shape index (κ2) is 3.62. The lowest BCUT2D eigenvalue weighted by Crippen LogP contribution is -2.61. The number of nitrogens with one attached hydrogen (secondary N) is 1. The number of rotatable bonds is 0. The van der Waals surface area contributed by atoms with Crippen molar-refractivity contribution in [3.05, 3.63) is 0 Å². The number of ether oxygens (including phenoxy) is 1. The standard InChI is InChI=1S/C12H22N2O2/c1-11(2,3)16-10(15)14-9-5-6-12(14,4)8-13-7-9/h9,13H,5-8H2,1-4H3/t9-,12+/m0/s1. The Hall–Kier alpha value is -0.770. The SMILES string of the molecule is CC(C)(C)OC(=O)N1[C@H]2CC[C@]1(C)CNC2. The van der Waals surface area contributed by atoms with E-state index in [1.54, 1.807) is 0 Å². The number of hydrogen-bond donors (Lipinski definition) is 1. The van der Waals surface area contributed by atoms with Gasteiger partial charge in [0.05, 0.1) is 5.54 Å². The number of fused-ring (bicyclic) bond motifs is 2. The van der Waals surface area contributed by atoms with Gasteiger partial charge < -0.3 is 10.1 Å². The molecule has 4 nitrogen and oxygen atoms in total. The van der Waals surface area contributed by atoms with Gasteiger partial charge in [0.2, 0.25) is 0 Å². The zero-order chi connectivity index (χ0) is 12.0. The van der Waals surface area contributed by atoms with Crippen LogP contribution in [0.5, 0.6) is 0 Å². The minimum absolute atomic E-state index is 0.0503. The fraction of sp³-hybridized carbons (Fsp3) is 0.917. The van der Waals surface area contributed by atoms with Crippen LogP contribution >= 0.6 is 0 Å². The predicted octanol–water partition coefficient (Wildman–Crippen LogP) is 1.75. The first-order chi connectivity index (χ1) is 7.32. The maximum atomic E-state index is 12.2. The van der Waals surface area contributed by atoms with Crippen LogP contribution in [0.4, 0.5) is 4.79 Å². The molecule has 2 heterocycles. The fourth-order valence-corrected chi connectivity index (χ4v) is 2.72. The summed E-state index contributed by atoms with van der Waals surface area (Å²) in [5.41, 5.74) is -0.455. The number of nitrogens with zero attached hydrogens (tertiary/aromatic N) is 1. The first-order valence-electron chi connectivity index (χ1n) is 6.05. The third kappa shape index (κ3) is 2.03. The average molecular weight is 226 g/mol. The van der Waals surface area contributed by atoms with Gasteiger partial charge in [0.1, 0.15) is 5.60 Å². The van der Waals surface area contributed by atoms with E-state index in [4.69, 9.17) is 4.74 Å². The van der Waals surface area contributed by atoms with Gasteiger partial charge in [0, 0.05) is 19.1 Å². The van der Waals surface area contributed by atoms with Gasteiger partial charge in [-0.05, 0) is 40.5 Å². The molecular formula is C12H22N2O2. The van der Waals surface area contributed by atoms with Crippen LogP contribution in [-0.4, -0.2) is 41.3 Å². The monoisotopic (exact) mass is 226 g/mol. The molecule has 0 aromatic carbocycles. The first-order valence-corrected chi connectivity index (χ1v) is 6.05. The Labute approximate surface area is 97.3 Å². The quantitative estimate of drug-likeness (QED) is 0.684. The highest BCUT2D eigenvalue weighted by Gasteiger charge is 2.49. The van der Waals surface area contributed by atoms with E-state index >= 15 is 0 Å². The Bertz CT molecular complexity index is 294. The largest absolute Gasteiger partial charge is 0.444 e. The van der Waals surface area contributed by atoms with Gasteiger partial charge in [0.25, 0.3) is 0 Å². The van der Waals surface area contributed by atoms with Crippen LogP contribution in [0.2, 0.25) is 0 Å².